The first kappa shape index (κ1) is 14.6. The molecule has 108 valence electrons. The third kappa shape index (κ3) is 4.10. The predicted molar refractivity (Wildman–Crippen MR) is 79.7 cm³/mol. The first-order chi connectivity index (χ1) is 9.69. The van der Waals surface area contributed by atoms with Crippen LogP contribution >= 0.6 is 0 Å². The molecule has 0 aliphatic rings. The van der Waals surface area contributed by atoms with Gasteiger partial charge in [-0.15, -0.1) is 0 Å². The molecule has 0 radical (unpaired) electrons. The summed E-state index contributed by atoms with van der Waals surface area (Å²) in [6, 6.07) is 10.3. The Morgan fingerprint density at radius 1 is 1.25 bits per heavy atom. The van der Waals surface area contributed by atoms with E-state index in [0.29, 0.717) is 6.04 Å². The van der Waals surface area contributed by atoms with Crippen molar-refractivity contribution in [3.63, 3.8) is 0 Å². The fourth-order valence-electron chi connectivity index (χ4n) is 1.78. The number of nitrogens with zero attached hydrogens (tertiary/aromatic N) is 1. The van der Waals surface area contributed by atoms with Crippen molar-refractivity contribution >= 4 is 0 Å². The number of rotatable bonds is 7. The zero-order valence-corrected chi connectivity index (χ0v) is 12.3. The second kappa shape index (κ2) is 7.10. The van der Waals surface area contributed by atoms with Gasteiger partial charge in [-0.1, -0.05) is 25.9 Å². The van der Waals surface area contributed by atoms with Crippen molar-refractivity contribution in [3.8, 4) is 17.1 Å². The van der Waals surface area contributed by atoms with E-state index in [1.807, 2.05) is 30.3 Å². The minimum Gasteiger partial charge on any atom is -0.494 e. The molecule has 0 amide bonds. The smallest absolute Gasteiger partial charge is 0.167 e. The topological polar surface area (TPSA) is 47.3 Å². The lowest BCUT2D eigenvalue weighted by Gasteiger charge is -2.04. The minimum absolute atomic E-state index is 0.435. The Morgan fingerprint density at radius 2 is 2.00 bits per heavy atom. The van der Waals surface area contributed by atoms with E-state index in [9.17, 15) is 0 Å². The van der Waals surface area contributed by atoms with E-state index in [1.54, 1.807) is 0 Å². The maximum Gasteiger partial charge on any atom is 0.167 e. The summed E-state index contributed by atoms with van der Waals surface area (Å²) in [5.74, 6) is 1.67. The van der Waals surface area contributed by atoms with Crippen LogP contribution in [0.25, 0.3) is 11.3 Å². The number of aromatic nitrogens is 1. The van der Waals surface area contributed by atoms with Gasteiger partial charge in [0.15, 0.2) is 5.76 Å². The normalized spacial score (nSPS) is 11.0. The average Bonchev–Trinajstić information content (AvgIpc) is 2.92. The van der Waals surface area contributed by atoms with E-state index < -0.39 is 0 Å². The number of hydrogen-bond acceptors (Lipinski definition) is 4. The maximum atomic E-state index is 5.56. The molecule has 4 nitrogen and oxygen atoms in total. The molecule has 0 fully saturated rings. The summed E-state index contributed by atoms with van der Waals surface area (Å²) < 4.78 is 10.9. The highest BCUT2D eigenvalue weighted by molar-refractivity contribution is 5.58. The van der Waals surface area contributed by atoms with Crippen molar-refractivity contribution in [1.82, 2.24) is 10.5 Å². The highest BCUT2D eigenvalue weighted by Crippen LogP contribution is 2.23. The molecule has 2 aromatic rings. The molecule has 0 atom stereocenters. The van der Waals surface area contributed by atoms with Crippen molar-refractivity contribution in [1.29, 1.82) is 0 Å². The van der Waals surface area contributed by atoms with Crippen molar-refractivity contribution in [2.24, 2.45) is 0 Å². The Bertz CT molecular complexity index is 518. The Hall–Kier alpha value is -1.81. The number of benzene rings is 1. The third-order valence-corrected chi connectivity index (χ3v) is 2.86. The van der Waals surface area contributed by atoms with Crippen LogP contribution < -0.4 is 10.1 Å². The van der Waals surface area contributed by atoms with Crippen LogP contribution in [0.2, 0.25) is 0 Å². The molecular weight excluding hydrogens is 252 g/mol. The summed E-state index contributed by atoms with van der Waals surface area (Å²) in [7, 11) is 0. The first-order valence-electron chi connectivity index (χ1n) is 7.11. The number of hydrogen-bond donors (Lipinski definition) is 1. The highest BCUT2D eigenvalue weighted by Gasteiger charge is 2.07. The van der Waals surface area contributed by atoms with E-state index in [-0.39, 0.29) is 0 Å². The number of ether oxygens (including phenoxy) is 1. The van der Waals surface area contributed by atoms with E-state index >= 15 is 0 Å². The zero-order valence-electron chi connectivity index (χ0n) is 12.3. The SMILES string of the molecule is CCCOc1ccc(-c2cc(CNC(C)C)no2)cc1. The number of nitrogens with one attached hydrogen (secondary N) is 1. The molecule has 0 aliphatic heterocycles. The second-order valence-corrected chi connectivity index (χ2v) is 5.09. The molecule has 1 heterocycles. The van der Waals surface area contributed by atoms with E-state index in [0.717, 1.165) is 42.3 Å². The Morgan fingerprint density at radius 3 is 2.65 bits per heavy atom. The Balaban J connectivity index is 2.00. The monoisotopic (exact) mass is 274 g/mol. The van der Waals surface area contributed by atoms with Crippen LogP contribution in [-0.4, -0.2) is 17.8 Å². The van der Waals surface area contributed by atoms with Gasteiger partial charge in [-0.2, -0.15) is 0 Å². The van der Waals surface area contributed by atoms with Gasteiger partial charge in [0.05, 0.1) is 12.3 Å². The molecule has 0 saturated carbocycles. The lowest BCUT2D eigenvalue weighted by atomic mass is 10.1. The van der Waals surface area contributed by atoms with Gasteiger partial charge in [0, 0.05) is 24.2 Å². The molecule has 1 N–H and O–H groups in total. The molecule has 0 saturated heterocycles. The van der Waals surface area contributed by atoms with E-state index in [2.05, 4.69) is 31.2 Å². The second-order valence-electron chi connectivity index (χ2n) is 5.09. The van der Waals surface area contributed by atoms with Crippen LogP contribution in [0.1, 0.15) is 32.9 Å². The maximum absolute atomic E-state index is 5.56. The lowest BCUT2D eigenvalue weighted by Crippen LogP contribution is -2.21. The zero-order chi connectivity index (χ0) is 14.4. The molecule has 4 heteroatoms. The van der Waals surface area contributed by atoms with Crippen LogP contribution in [0.15, 0.2) is 34.9 Å². The molecule has 0 unspecified atom stereocenters. The Labute approximate surface area is 120 Å². The van der Waals surface area contributed by atoms with Crippen LogP contribution in [0.5, 0.6) is 5.75 Å². The van der Waals surface area contributed by atoms with Crippen LogP contribution in [0.4, 0.5) is 0 Å². The predicted octanol–water partition coefficient (Wildman–Crippen LogP) is 3.63. The third-order valence-electron chi connectivity index (χ3n) is 2.86. The van der Waals surface area contributed by atoms with Gasteiger partial charge in [0.2, 0.25) is 0 Å². The summed E-state index contributed by atoms with van der Waals surface area (Å²) in [4.78, 5) is 0. The summed E-state index contributed by atoms with van der Waals surface area (Å²) in [5, 5.41) is 7.38. The standard InChI is InChI=1S/C16H22N2O2/c1-4-9-19-15-7-5-13(6-8-15)16-10-14(18-20-16)11-17-12(2)3/h5-8,10,12,17H,4,9,11H2,1-3H3. The summed E-state index contributed by atoms with van der Waals surface area (Å²) in [5.41, 5.74) is 1.93. The molecule has 0 aliphatic carbocycles. The first-order valence-corrected chi connectivity index (χ1v) is 7.11. The van der Waals surface area contributed by atoms with Gasteiger partial charge in [0.25, 0.3) is 0 Å². The summed E-state index contributed by atoms with van der Waals surface area (Å²) in [6.45, 7) is 7.77. The fourth-order valence-corrected chi connectivity index (χ4v) is 1.78. The molecule has 1 aromatic carbocycles. The fraction of sp³-hybridized carbons (Fsp3) is 0.438. The van der Waals surface area contributed by atoms with E-state index in [1.165, 1.54) is 0 Å². The Kier molecular flexibility index (Phi) is 5.18. The van der Waals surface area contributed by atoms with Gasteiger partial charge in [-0.05, 0) is 30.7 Å². The molecular formula is C16H22N2O2. The van der Waals surface area contributed by atoms with E-state index in [4.69, 9.17) is 9.26 Å². The van der Waals surface area contributed by atoms with Crippen LogP contribution in [-0.2, 0) is 6.54 Å². The lowest BCUT2D eigenvalue weighted by molar-refractivity contribution is 0.317. The van der Waals surface area contributed by atoms with Crippen molar-refractivity contribution in [2.75, 3.05) is 6.61 Å². The van der Waals surface area contributed by atoms with Gasteiger partial charge in [-0.25, -0.2) is 0 Å². The molecule has 0 spiro atoms. The molecule has 20 heavy (non-hydrogen) atoms. The highest BCUT2D eigenvalue weighted by atomic mass is 16.5. The average molecular weight is 274 g/mol. The van der Waals surface area contributed by atoms with Crippen LogP contribution in [0.3, 0.4) is 0 Å². The van der Waals surface area contributed by atoms with Crippen molar-refractivity contribution < 1.29 is 9.26 Å². The largest absolute Gasteiger partial charge is 0.494 e. The molecule has 0 bridgehead atoms. The summed E-state index contributed by atoms with van der Waals surface area (Å²) in [6.07, 6.45) is 1.01. The van der Waals surface area contributed by atoms with Crippen molar-refractivity contribution in [3.05, 3.63) is 36.0 Å². The minimum atomic E-state index is 0.435. The van der Waals surface area contributed by atoms with Gasteiger partial charge in [0.1, 0.15) is 5.75 Å². The summed E-state index contributed by atoms with van der Waals surface area (Å²) >= 11 is 0. The van der Waals surface area contributed by atoms with Crippen molar-refractivity contribution in [2.45, 2.75) is 39.8 Å². The van der Waals surface area contributed by atoms with Gasteiger partial charge in [-0.3, -0.25) is 0 Å². The van der Waals surface area contributed by atoms with Crippen LogP contribution in [0, 0.1) is 0 Å². The van der Waals surface area contributed by atoms with Gasteiger partial charge >= 0.3 is 0 Å². The molecule has 1 aromatic heterocycles. The van der Waals surface area contributed by atoms with Gasteiger partial charge < -0.3 is 14.6 Å². The molecule has 2 rings (SSSR count). The quantitative estimate of drug-likeness (QED) is 0.837.